The van der Waals surface area contributed by atoms with Crippen molar-refractivity contribution in [2.45, 2.75) is 26.2 Å². The molecular formula is C12H16N2S2. The van der Waals surface area contributed by atoms with Crippen molar-refractivity contribution in [1.82, 2.24) is 4.98 Å². The molecule has 0 aliphatic rings. The Hall–Kier alpha value is -0.710. The first-order valence-electron chi connectivity index (χ1n) is 5.26. The van der Waals surface area contributed by atoms with E-state index in [1.165, 1.54) is 9.75 Å². The van der Waals surface area contributed by atoms with Gasteiger partial charge in [-0.2, -0.15) is 0 Å². The molecule has 0 radical (unpaired) electrons. The summed E-state index contributed by atoms with van der Waals surface area (Å²) < 4.78 is 0. The van der Waals surface area contributed by atoms with Crippen molar-refractivity contribution in [2.24, 2.45) is 5.73 Å². The Labute approximate surface area is 104 Å². The van der Waals surface area contributed by atoms with Gasteiger partial charge in [0, 0.05) is 16.8 Å². The minimum atomic E-state index is 0.0251. The Morgan fingerprint density at radius 1 is 1.44 bits per heavy atom. The number of nitrogens with two attached hydrogens (primary N) is 1. The quantitative estimate of drug-likeness (QED) is 0.909. The summed E-state index contributed by atoms with van der Waals surface area (Å²) >= 11 is 3.50. The fourth-order valence-corrected chi connectivity index (χ4v) is 3.60. The molecular weight excluding hydrogens is 236 g/mol. The standard InChI is InChI=1S/C12H16N2S2/c1-8-10(12(2,3)7-13)16-11(14-8)9-5-4-6-15-9/h4-6H,7,13H2,1-3H3. The predicted octanol–water partition coefficient (Wildman–Crippen LogP) is 3.42. The van der Waals surface area contributed by atoms with Gasteiger partial charge in [-0.15, -0.1) is 22.7 Å². The largest absolute Gasteiger partial charge is 0.330 e. The van der Waals surface area contributed by atoms with Crippen molar-refractivity contribution in [1.29, 1.82) is 0 Å². The van der Waals surface area contributed by atoms with Crippen LogP contribution in [-0.2, 0) is 5.41 Å². The lowest BCUT2D eigenvalue weighted by Crippen LogP contribution is -2.27. The van der Waals surface area contributed by atoms with Crippen LogP contribution < -0.4 is 5.73 Å². The second-order valence-corrected chi connectivity index (χ2v) is 6.45. The maximum Gasteiger partial charge on any atom is 0.133 e. The van der Waals surface area contributed by atoms with Gasteiger partial charge < -0.3 is 5.73 Å². The van der Waals surface area contributed by atoms with Gasteiger partial charge in [0.15, 0.2) is 0 Å². The fraction of sp³-hybridized carbons (Fsp3) is 0.417. The van der Waals surface area contributed by atoms with E-state index in [2.05, 4.69) is 43.3 Å². The summed E-state index contributed by atoms with van der Waals surface area (Å²) in [5, 5.41) is 3.20. The highest BCUT2D eigenvalue weighted by Crippen LogP contribution is 2.36. The summed E-state index contributed by atoms with van der Waals surface area (Å²) in [4.78, 5) is 7.19. The van der Waals surface area contributed by atoms with Crippen LogP contribution >= 0.6 is 22.7 Å². The van der Waals surface area contributed by atoms with Gasteiger partial charge in [-0.25, -0.2) is 4.98 Å². The summed E-state index contributed by atoms with van der Waals surface area (Å²) in [5.41, 5.74) is 6.96. The minimum absolute atomic E-state index is 0.0251. The van der Waals surface area contributed by atoms with Crippen LogP contribution in [0.3, 0.4) is 0 Å². The zero-order valence-corrected chi connectivity index (χ0v) is 11.4. The molecule has 0 fully saturated rings. The smallest absolute Gasteiger partial charge is 0.133 e. The van der Waals surface area contributed by atoms with Gasteiger partial charge >= 0.3 is 0 Å². The molecule has 0 spiro atoms. The molecule has 2 aromatic heterocycles. The second kappa shape index (κ2) is 4.28. The summed E-state index contributed by atoms with van der Waals surface area (Å²) in [7, 11) is 0. The number of rotatable bonds is 3. The van der Waals surface area contributed by atoms with Crippen molar-refractivity contribution in [2.75, 3.05) is 6.54 Å². The number of thiazole rings is 1. The van der Waals surface area contributed by atoms with Crippen LogP contribution in [0.25, 0.3) is 9.88 Å². The Morgan fingerprint density at radius 2 is 2.19 bits per heavy atom. The van der Waals surface area contributed by atoms with Crippen LogP contribution in [0.4, 0.5) is 0 Å². The van der Waals surface area contributed by atoms with Crippen LogP contribution in [-0.4, -0.2) is 11.5 Å². The highest BCUT2D eigenvalue weighted by Gasteiger charge is 2.24. The van der Waals surface area contributed by atoms with Crippen LogP contribution in [0.15, 0.2) is 17.5 Å². The van der Waals surface area contributed by atoms with Gasteiger partial charge in [-0.3, -0.25) is 0 Å². The van der Waals surface area contributed by atoms with E-state index in [0.29, 0.717) is 6.54 Å². The van der Waals surface area contributed by atoms with E-state index in [-0.39, 0.29) is 5.41 Å². The number of thiophene rings is 1. The molecule has 0 aromatic carbocycles. The molecule has 0 atom stereocenters. The van der Waals surface area contributed by atoms with Crippen molar-refractivity contribution >= 4 is 22.7 Å². The molecule has 2 rings (SSSR count). The van der Waals surface area contributed by atoms with Gasteiger partial charge in [-0.1, -0.05) is 19.9 Å². The number of hydrogen-bond acceptors (Lipinski definition) is 4. The monoisotopic (exact) mass is 252 g/mol. The van der Waals surface area contributed by atoms with E-state index in [4.69, 9.17) is 5.73 Å². The average Bonchev–Trinajstić information content (AvgIpc) is 2.85. The lowest BCUT2D eigenvalue weighted by atomic mass is 9.91. The number of hydrogen-bond donors (Lipinski definition) is 1. The molecule has 2 heterocycles. The molecule has 2 aromatic rings. The Balaban J connectivity index is 2.44. The summed E-state index contributed by atoms with van der Waals surface area (Å²) in [6, 6.07) is 4.17. The fourth-order valence-electron chi connectivity index (χ4n) is 1.62. The zero-order valence-electron chi connectivity index (χ0n) is 9.78. The number of aromatic nitrogens is 1. The molecule has 0 unspecified atom stereocenters. The van der Waals surface area contributed by atoms with Crippen LogP contribution in [0, 0.1) is 6.92 Å². The molecule has 0 saturated carbocycles. The van der Waals surface area contributed by atoms with Crippen molar-refractivity contribution in [3.63, 3.8) is 0 Å². The van der Waals surface area contributed by atoms with Crippen molar-refractivity contribution < 1.29 is 0 Å². The lowest BCUT2D eigenvalue weighted by molar-refractivity contribution is 0.546. The Kier molecular flexibility index (Phi) is 3.15. The highest BCUT2D eigenvalue weighted by molar-refractivity contribution is 7.21. The molecule has 0 aliphatic carbocycles. The first-order chi connectivity index (χ1) is 7.54. The van der Waals surface area contributed by atoms with Gasteiger partial charge in [0.2, 0.25) is 0 Å². The molecule has 2 nitrogen and oxygen atoms in total. The molecule has 0 bridgehead atoms. The molecule has 4 heteroatoms. The molecule has 0 amide bonds. The molecule has 16 heavy (non-hydrogen) atoms. The van der Waals surface area contributed by atoms with E-state index < -0.39 is 0 Å². The van der Waals surface area contributed by atoms with Crippen LogP contribution in [0.2, 0.25) is 0 Å². The molecule has 0 saturated heterocycles. The molecule has 86 valence electrons. The number of nitrogens with zero attached hydrogens (tertiary/aromatic N) is 1. The van der Waals surface area contributed by atoms with E-state index >= 15 is 0 Å². The maximum absolute atomic E-state index is 5.82. The van der Waals surface area contributed by atoms with Gasteiger partial charge in [0.25, 0.3) is 0 Å². The summed E-state index contributed by atoms with van der Waals surface area (Å²) in [6.45, 7) is 7.07. The van der Waals surface area contributed by atoms with Gasteiger partial charge in [0.05, 0.1) is 10.6 Å². The third-order valence-electron chi connectivity index (χ3n) is 2.65. The minimum Gasteiger partial charge on any atom is -0.330 e. The van der Waals surface area contributed by atoms with Crippen molar-refractivity contribution in [3.05, 3.63) is 28.1 Å². The first-order valence-corrected chi connectivity index (χ1v) is 6.96. The Bertz CT molecular complexity index is 469. The number of aryl methyl sites for hydroxylation is 1. The van der Waals surface area contributed by atoms with Gasteiger partial charge in [0.1, 0.15) is 5.01 Å². The molecule has 0 aliphatic heterocycles. The normalized spacial score (nSPS) is 12.0. The third kappa shape index (κ3) is 2.05. The SMILES string of the molecule is Cc1nc(-c2cccs2)sc1C(C)(C)CN. The summed E-state index contributed by atoms with van der Waals surface area (Å²) in [5.74, 6) is 0. The third-order valence-corrected chi connectivity index (χ3v) is 5.22. The van der Waals surface area contributed by atoms with Gasteiger partial charge in [-0.05, 0) is 18.4 Å². The average molecular weight is 252 g/mol. The zero-order chi connectivity index (χ0) is 11.8. The van der Waals surface area contributed by atoms with E-state index in [1.54, 1.807) is 22.7 Å². The highest BCUT2D eigenvalue weighted by atomic mass is 32.1. The second-order valence-electron chi connectivity index (χ2n) is 4.50. The first kappa shape index (κ1) is 11.8. The van der Waals surface area contributed by atoms with Crippen molar-refractivity contribution in [3.8, 4) is 9.88 Å². The van der Waals surface area contributed by atoms with E-state index in [0.717, 1.165) is 10.7 Å². The van der Waals surface area contributed by atoms with E-state index in [1.807, 2.05) is 0 Å². The topological polar surface area (TPSA) is 38.9 Å². The summed E-state index contributed by atoms with van der Waals surface area (Å²) in [6.07, 6.45) is 0. The Morgan fingerprint density at radius 3 is 2.75 bits per heavy atom. The van der Waals surface area contributed by atoms with E-state index in [9.17, 15) is 0 Å². The maximum atomic E-state index is 5.82. The van der Waals surface area contributed by atoms with Crippen LogP contribution in [0.1, 0.15) is 24.4 Å². The molecule has 2 N–H and O–H groups in total. The lowest BCUT2D eigenvalue weighted by Gasteiger charge is -2.20. The predicted molar refractivity (Wildman–Crippen MR) is 72.2 cm³/mol. The van der Waals surface area contributed by atoms with Crippen LogP contribution in [0.5, 0.6) is 0 Å².